The zero-order chi connectivity index (χ0) is 23.6. The number of carbonyl (C=O) groups is 3. The molecule has 2 aromatic rings. The molecular weight excluding hydrogens is 432 g/mol. The summed E-state index contributed by atoms with van der Waals surface area (Å²) in [5.74, 6) is -1.55. The summed E-state index contributed by atoms with van der Waals surface area (Å²) < 4.78 is 32.3. The van der Waals surface area contributed by atoms with E-state index in [1.54, 1.807) is 44.2 Å². The summed E-state index contributed by atoms with van der Waals surface area (Å²) in [4.78, 5) is 40.4. The molecule has 1 N–H and O–H groups in total. The predicted molar refractivity (Wildman–Crippen MR) is 118 cm³/mol. The summed E-state index contributed by atoms with van der Waals surface area (Å²) in [5.41, 5.74) is 1.88. The van der Waals surface area contributed by atoms with Crippen molar-refractivity contribution in [2.24, 2.45) is 5.92 Å². The van der Waals surface area contributed by atoms with Crippen molar-refractivity contribution in [1.82, 2.24) is 9.29 Å². The molecule has 3 rings (SSSR count). The number of sulfonamides is 1. The molecule has 1 fully saturated rings. The van der Waals surface area contributed by atoms with Gasteiger partial charge >= 0.3 is 5.97 Å². The maximum Gasteiger partial charge on any atom is 0.309 e. The molecule has 1 atom stereocenters. The van der Waals surface area contributed by atoms with Crippen molar-refractivity contribution in [2.45, 2.75) is 51.5 Å². The van der Waals surface area contributed by atoms with Crippen LogP contribution in [0.5, 0.6) is 0 Å². The number of rotatable bonds is 7. The molecule has 0 amide bonds. The third-order valence-electron chi connectivity index (χ3n) is 5.87. The van der Waals surface area contributed by atoms with Crippen molar-refractivity contribution < 1.29 is 27.5 Å². The van der Waals surface area contributed by atoms with E-state index in [2.05, 4.69) is 4.98 Å². The van der Waals surface area contributed by atoms with E-state index >= 15 is 0 Å². The lowest BCUT2D eigenvalue weighted by Gasteiger charge is -2.30. The third kappa shape index (κ3) is 4.68. The van der Waals surface area contributed by atoms with Crippen molar-refractivity contribution in [3.05, 3.63) is 52.8 Å². The number of nitrogens with one attached hydrogen (secondary N) is 1. The van der Waals surface area contributed by atoms with Crippen LogP contribution >= 0.6 is 0 Å². The van der Waals surface area contributed by atoms with Gasteiger partial charge in [-0.25, -0.2) is 8.42 Å². The molecule has 1 saturated heterocycles. The SMILES string of the molecule is CC(=O)c1c(C)[nH]c(C(=O)C(C)OC(=O)C2CCN(S(=O)(=O)c3ccccc3)CC2)c1C. The van der Waals surface area contributed by atoms with Crippen LogP contribution in [-0.2, 0) is 19.6 Å². The molecule has 1 aromatic carbocycles. The highest BCUT2D eigenvalue weighted by Gasteiger charge is 2.34. The number of nitrogens with zero attached hydrogens (tertiary/aromatic N) is 1. The Hall–Kier alpha value is -2.78. The van der Waals surface area contributed by atoms with Crippen molar-refractivity contribution in [2.75, 3.05) is 13.1 Å². The van der Waals surface area contributed by atoms with Crippen molar-refractivity contribution in [1.29, 1.82) is 0 Å². The van der Waals surface area contributed by atoms with E-state index in [1.165, 1.54) is 18.2 Å². The fraction of sp³-hybridized carbons (Fsp3) is 0.435. The monoisotopic (exact) mass is 460 g/mol. The Bertz CT molecular complexity index is 1130. The number of hydrogen-bond acceptors (Lipinski definition) is 6. The molecule has 0 spiro atoms. The Morgan fingerprint density at radius 2 is 1.69 bits per heavy atom. The topological polar surface area (TPSA) is 114 Å². The Morgan fingerprint density at radius 3 is 2.22 bits per heavy atom. The van der Waals surface area contributed by atoms with Crippen LogP contribution in [0.25, 0.3) is 0 Å². The lowest BCUT2D eigenvalue weighted by Crippen LogP contribution is -2.41. The van der Waals surface area contributed by atoms with E-state index in [0.717, 1.165) is 0 Å². The maximum absolute atomic E-state index is 12.8. The first-order chi connectivity index (χ1) is 15.0. The maximum atomic E-state index is 12.8. The minimum absolute atomic E-state index is 0.142. The summed E-state index contributed by atoms with van der Waals surface area (Å²) in [6.45, 7) is 6.75. The number of H-pyrrole nitrogens is 1. The smallest absolute Gasteiger partial charge is 0.309 e. The summed E-state index contributed by atoms with van der Waals surface area (Å²) in [6.07, 6.45) is -0.382. The number of Topliss-reactive ketones (excluding diaryl/α,β-unsaturated/α-hetero) is 2. The normalized spacial score (nSPS) is 16.5. The molecule has 1 aliphatic heterocycles. The van der Waals surface area contributed by atoms with Crippen LogP contribution in [0.1, 0.15) is 58.8 Å². The van der Waals surface area contributed by atoms with Crippen LogP contribution < -0.4 is 0 Å². The Balaban J connectivity index is 1.61. The van der Waals surface area contributed by atoms with Gasteiger partial charge in [-0.3, -0.25) is 14.4 Å². The first-order valence-electron chi connectivity index (χ1n) is 10.5. The molecule has 1 aromatic heterocycles. The number of benzene rings is 1. The second kappa shape index (κ2) is 9.38. The Kier molecular flexibility index (Phi) is 7.00. The summed E-state index contributed by atoms with van der Waals surface area (Å²) >= 11 is 0. The number of esters is 1. The van der Waals surface area contributed by atoms with Gasteiger partial charge in [0.2, 0.25) is 15.8 Å². The van der Waals surface area contributed by atoms with E-state index in [0.29, 0.717) is 29.7 Å². The standard InChI is InChI=1S/C23H28N2O6S/c1-14-20(16(3)26)15(2)24-21(14)22(27)17(4)31-23(28)18-10-12-25(13-11-18)32(29,30)19-8-6-5-7-9-19/h5-9,17-18,24H,10-13H2,1-4H3. The molecule has 32 heavy (non-hydrogen) atoms. The van der Waals surface area contributed by atoms with Crippen molar-refractivity contribution >= 4 is 27.6 Å². The van der Waals surface area contributed by atoms with Gasteiger partial charge in [-0.15, -0.1) is 0 Å². The van der Waals surface area contributed by atoms with Gasteiger partial charge in [0, 0.05) is 24.3 Å². The summed E-state index contributed by atoms with van der Waals surface area (Å²) in [7, 11) is -3.60. The predicted octanol–water partition coefficient (Wildman–Crippen LogP) is 3.05. The number of ketones is 2. The van der Waals surface area contributed by atoms with Crippen LogP contribution in [0, 0.1) is 19.8 Å². The fourth-order valence-corrected chi connectivity index (χ4v) is 5.62. The highest BCUT2D eigenvalue weighted by atomic mass is 32.2. The third-order valence-corrected chi connectivity index (χ3v) is 7.78. The first kappa shape index (κ1) is 23.9. The van der Waals surface area contributed by atoms with Gasteiger partial charge < -0.3 is 9.72 Å². The minimum atomic E-state index is -3.60. The second-order valence-electron chi connectivity index (χ2n) is 8.12. The van der Waals surface area contributed by atoms with Gasteiger partial charge in [0.25, 0.3) is 0 Å². The van der Waals surface area contributed by atoms with Crippen molar-refractivity contribution in [3.63, 3.8) is 0 Å². The number of aromatic amines is 1. The molecule has 8 nitrogen and oxygen atoms in total. The number of hydrogen-bond donors (Lipinski definition) is 1. The molecule has 1 unspecified atom stereocenters. The van der Waals surface area contributed by atoms with E-state index in [1.807, 2.05) is 0 Å². The zero-order valence-electron chi connectivity index (χ0n) is 18.7. The Labute approximate surface area is 188 Å². The van der Waals surface area contributed by atoms with Gasteiger partial charge in [0.15, 0.2) is 11.9 Å². The molecular formula is C23H28N2O6S. The average molecular weight is 461 g/mol. The number of piperidine rings is 1. The number of ether oxygens (including phenoxy) is 1. The lowest BCUT2D eigenvalue weighted by molar-refractivity contribution is -0.152. The van der Waals surface area contributed by atoms with E-state index in [-0.39, 0.29) is 29.5 Å². The minimum Gasteiger partial charge on any atom is -0.454 e. The van der Waals surface area contributed by atoms with Crippen LogP contribution in [-0.4, -0.2) is 54.4 Å². The molecule has 172 valence electrons. The van der Waals surface area contributed by atoms with Gasteiger partial charge in [-0.1, -0.05) is 18.2 Å². The fourth-order valence-electron chi connectivity index (χ4n) is 4.13. The average Bonchev–Trinajstić information content (AvgIpc) is 3.07. The van der Waals surface area contributed by atoms with Gasteiger partial charge in [0.1, 0.15) is 0 Å². The number of aryl methyl sites for hydroxylation is 1. The van der Waals surface area contributed by atoms with Gasteiger partial charge in [-0.2, -0.15) is 4.31 Å². The highest BCUT2D eigenvalue weighted by Crippen LogP contribution is 2.26. The van der Waals surface area contributed by atoms with Crippen LogP contribution in [0.2, 0.25) is 0 Å². The van der Waals surface area contributed by atoms with Gasteiger partial charge in [0.05, 0.1) is 16.5 Å². The Morgan fingerprint density at radius 1 is 1.09 bits per heavy atom. The molecule has 0 radical (unpaired) electrons. The van der Waals surface area contributed by atoms with Crippen molar-refractivity contribution in [3.8, 4) is 0 Å². The van der Waals surface area contributed by atoms with E-state index in [9.17, 15) is 22.8 Å². The quantitative estimate of drug-likeness (QED) is 0.502. The summed E-state index contributed by atoms with van der Waals surface area (Å²) in [6, 6.07) is 8.18. The molecule has 2 heterocycles. The van der Waals surface area contributed by atoms with Crippen LogP contribution in [0.4, 0.5) is 0 Å². The number of aromatic nitrogens is 1. The van der Waals surface area contributed by atoms with E-state index in [4.69, 9.17) is 4.74 Å². The van der Waals surface area contributed by atoms with E-state index < -0.39 is 33.8 Å². The second-order valence-corrected chi connectivity index (χ2v) is 10.1. The number of carbonyl (C=O) groups excluding carboxylic acids is 3. The summed E-state index contributed by atoms with van der Waals surface area (Å²) in [5, 5.41) is 0. The lowest BCUT2D eigenvalue weighted by atomic mass is 9.98. The van der Waals surface area contributed by atoms with Crippen LogP contribution in [0.3, 0.4) is 0 Å². The molecule has 0 aliphatic carbocycles. The molecule has 0 bridgehead atoms. The molecule has 0 saturated carbocycles. The zero-order valence-corrected chi connectivity index (χ0v) is 19.5. The van der Waals surface area contributed by atoms with Crippen LogP contribution in [0.15, 0.2) is 35.2 Å². The molecule has 1 aliphatic rings. The highest BCUT2D eigenvalue weighted by molar-refractivity contribution is 7.89. The first-order valence-corrected chi connectivity index (χ1v) is 12.0. The molecule has 9 heteroatoms. The van der Waals surface area contributed by atoms with Gasteiger partial charge in [-0.05, 0) is 58.2 Å². The largest absolute Gasteiger partial charge is 0.454 e.